The van der Waals surface area contributed by atoms with Gasteiger partial charge >= 0.3 is 6.09 Å². The van der Waals surface area contributed by atoms with Crippen LogP contribution in [-0.2, 0) is 29.1 Å². The molecule has 0 saturated carbocycles. The monoisotopic (exact) mass is 702 g/mol. The molecule has 3 aromatic rings. The van der Waals surface area contributed by atoms with Gasteiger partial charge in [0.2, 0.25) is 5.91 Å². The van der Waals surface area contributed by atoms with Gasteiger partial charge in [0.15, 0.2) is 12.2 Å². The van der Waals surface area contributed by atoms with Gasteiger partial charge in [-0.2, -0.15) is 0 Å². The average Bonchev–Trinajstić information content (AvgIpc) is 3.50. The number of aryl methyl sites for hydroxylation is 1. The van der Waals surface area contributed by atoms with Crippen molar-refractivity contribution in [2.24, 2.45) is 0 Å². The molecule has 0 aliphatic carbocycles. The summed E-state index contributed by atoms with van der Waals surface area (Å²) in [6.45, 7) is 12.3. The summed E-state index contributed by atoms with van der Waals surface area (Å²) in [5.74, 6) is 0.986. The Bertz CT molecular complexity index is 1720. The summed E-state index contributed by atoms with van der Waals surface area (Å²) < 4.78 is 17.1. The summed E-state index contributed by atoms with van der Waals surface area (Å²) in [5, 5.41) is 18.0. The van der Waals surface area contributed by atoms with Crippen LogP contribution in [0.25, 0.3) is 0 Å². The van der Waals surface area contributed by atoms with E-state index in [1.165, 1.54) is 17.7 Å². The predicted molar refractivity (Wildman–Crippen MR) is 192 cm³/mol. The second-order valence-corrected chi connectivity index (χ2v) is 14.8. The fourth-order valence-electron chi connectivity index (χ4n) is 6.81. The number of nitrogens with zero attached hydrogens (tertiary/aromatic N) is 4. The van der Waals surface area contributed by atoms with E-state index in [9.17, 15) is 19.5 Å². The minimum Gasteiger partial charge on any atom is -0.486 e. The standard InChI is InChI=1S/C38H50N6O7/c1-24-35(50-23-40-24)22-49-32-10-9-26-16-33(44(19-28(26)15-32)37(48)51-38(3,4)5)34(46)18-39-36(47)27-13-29(41-30-20-43(21-30)25(2)45)17-31(14-27)42-11-7-6-8-12-42/h9-10,13-15,17,23,30,33-34,41,46H,6-8,11-12,16,18-22H2,1-5H3,(H,39,47)/t33-,34+/m0/s1. The minimum absolute atomic E-state index is 0.0494. The predicted octanol–water partition coefficient (Wildman–Crippen LogP) is 4.65. The number of anilines is 2. The Morgan fingerprint density at radius 1 is 1.06 bits per heavy atom. The van der Waals surface area contributed by atoms with Crippen LogP contribution in [0.4, 0.5) is 16.2 Å². The lowest BCUT2D eigenvalue weighted by Gasteiger charge is -2.40. The fourth-order valence-corrected chi connectivity index (χ4v) is 6.81. The molecule has 51 heavy (non-hydrogen) atoms. The first-order valence-electron chi connectivity index (χ1n) is 17.8. The number of aliphatic hydroxyl groups is 1. The van der Waals surface area contributed by atoms with E-state index >= 15 is 0 Å². The molecule has 0 radical (unpaired) electrons. The van der Waals surface area contributed by atoms with Crippen molar-refractivity contribution in [3.05, 3.63) is 70.9 Å². The van der Waals surface area contributed by atoms with E-state index in [1.54, 1.807) is 32.6 Å². The van der Waals surface area contributed by atoms with E-state index in [-0.39, 0.29) is 37.6 Å². The first kappa shape index (κ1) is 36.0. The lowest BCUT2D eigenvalue weighted by molar-refractivity contribution is -0.132. The molecule has 3 N–H and O–H groups in total. The van der Waals surface area contributed by atoms with Crippen molar-refractivity contribution in [2.75, 3.05) is 42.9 Å². The van der Waals surface area contributed by atoms with Gasteiger partial charge in [0.05, 0.1) is 23.9 Å². The van der Waals surface area contributed by atoms with E-state index in [4.69, 9.17) is 13.9 Å². The number of benzene rings is 2. The van der Waals surface area contributed by atoms with E-state index in [1.807, 2.05) is 37.3 Å². The van der Waals surface area contributed by atoms with Gasteiger partial charge in [-0.05, 0) is 94.8 Å². The maximum Gasteiger partial charge on any atom is 0.410 e. The van der Waals surface area contributed by atoms with Crippen molar-refractivity contribution in [3.63, 3.8) is 0 Å². The van der Waals surface area contributed by atoms with Crippen molar-refractivity contribution in [2.45, 2.75) is 97.2 Å². The molecule has 274 valence electrons. The molecule has 2 fully saturated rings. The molecule has 13 heteroatoms. The molecule has 0 bridgehead atoms. The number of aliphatic hydroxyl groups excluding tert-OH is 1. The zero-order chi connectivity index (χ0) is 36.3. The van der Waals surface area contributed by atoms with Crippen LogP contribution < -0.4 is 20.3 Å². The number of carbonyl (C=O) groups is 3. The highest BCUT2D eigenvalue weighted by Crippen LogP contribution is 2.31. The smallest absolute Gasteiger partial charge is 0.410 e. The first-order valence-corrected chi connectivity index (χ1v) is 17.8. The molecule has 0 spiro atoms. The zero-order valence-electron chi connectivity index (χ0n) is 30.2. The number of fused-ring (bicyclic) bond motifs is 1. The number of rotatable bonds is 10. The maximum atomic E-state index is 13.7. The lowest BCUT2D eigenvalue weighted by atomic mass is 9.91. The lowest BCUT2D eigenvalue weighted by Crippen LogP contribution is -2.56. The molecule has 2 aromatic carbocycles. The summed E-state index contributed by atoms with van der Waals surface area (Å²) >= 11 is 0. The molecule has 2 atom stereocenters. The third-order valence-corrected chi connectivity index (χ3v) is 9.71. The highest BCUT2D eigenvalue weighted by Gasteiger charge is 2.37. The third-order valence-electron chi connectivity index (χ3n) is 9.71. The molecule has 6 rings (SSSR count). The number of aromatic nitrogens is 1. The van der Waals surface area contributed by atoms with Crippen LogP contribution in [0, 0.1) is 6.92 Å². The molecule has 0 unspecified atom stereocenters. The third kappa shape index (κ3) is 8.94. The van der Waals surface area contributed by atoms with Gasteiger partial charge in [-0.1, -0.05) is 6.07 Å². The normalized spacial score (nSPS) is 18.4. The van der Waals surface area contributed by atoms with Gasteiger partial charge in [0.1, 0.15) is 18.0 Å². The van der Waals surface area contributed by atoms with E-state index in [2.05, 4.69) is 26.6 Å². The van der Waals surface area contributed by atoms with Crippen molar-refractivity contribution in [1.29, 1.82) is 0 Å². The van der Waals surface area contributed by atoms with Crippen LogP contribution >= 0.6 is 0 Å². The summed E-state index contributed by atoms with van der Waals surface area (Å²) in [5.41, 5.74) is 4.13. The molecular formula is C38H50N6O7. The molecule has 3 aliphatic rings. The first-order chi connectivity index (χ1) is 24.3. The SMILES string of the molecule is CC(=O)N1CC(Nc2cc(C(=O)NC[C@@H](O)[C@@H]3Cc4ccc(OCc5ocnc5C)cc4CN3C(=O)OC(C)(C)C)cc(N3CCCCC3)c2)C1. The number of piperidine rings is 1. The number of hydrogen-bond acceptors (Lipinski definition) is 10. The van der Waals surface area contributed by atoms with Gasteiger partial charge < -0.3 is 39.4 Å². The summed E-state index contributed by atoms with van der Waals surface area (Å²) in [6.07, 6.45) is 3.51. The van der Waals surface area contributed by atoms with E-state index in [0.717, 1.165) is 54.1 Å². The molecule has 1 aromatic heterocycles. The molecule has 3 amide bonds. The molecule has 2 saturated heterocycles. The van der Waals surface area contributed by atoms with Crippen molar-refractivity contribution in [1.82, 2.24) is 20.1 Å². The molecule has 4 heterocycles. The topological polar surface area (TPSA) is 150 Å². The van der Waals surface area contributed by atoms with E-state index in [0.29, 0.717) is 36.6 Å². The number of nitrogens with one attached hydrogen (secondary N) is 2. The van der Waals surface area contributed by atoms with Crippen molar-refractivity contribution < 1.29 is 33.4 Å². The number of oxazole rings is 1. The Morgan fingerprint density at radius 3 is 2.51 bits per heavy atom. The van der Waals surface area contributed by atoms with Gasteiger partial charge in [-0.15, -0.1) is 0 Å². The fraction of sp³-hybridized carbons (Fsp3) is 0.526. The van der Waals surface area contributed by atoms with Gasteiger partial charge in [0.25, 0.3) is 5.91 Å². The Balaban J connectivity index is 1.16. The van der Waals surface area contributed by atoms with Crippen LogP contribution in [0.5, 0.6) is 5.75 Å². The maximum absolute atomic E-state index is 13.7. The number of carbonyl (C=O) groups excluding carboxylic acids is 3. The second-order valence-electron chi connectivity index (χ2n) is 14.8. The minimum atomic E-state index is -1.07. The van der Waals surface area contributed by atoms with Crippen LogP contribution in [-0.4, -0.2) is 94.3 Å². The molecule has 3 aliphatic heterocycles. The number of amides is 3. The van der Waals surface area contributed by atoms with E-state index < -0.39 is 23.8 Å². The highest BCUT2D eigenvalue weighted by atomic mass is 16.6. The van der Waals surface area contributed by atoms with Crippen LogP contribution in [0.1, 0.15) is 79.9 Å². The quantitative estimate of drug-likeness (QED) is 0.273. The van der Waals surface area contributed by atoms with Crippen LogP contribution in [0.2, 0.25) is 0 Å². The highest BCUT2D eigenvalue weighted by molar-refractivity contribution is 5.96. The summed E-state index contributed by atoms with van der Waals surface area (Å²) in [6, 6.07) is 10.9. The second kappa shape index (κ2) is 15.2. The number of likely N-dealkylation sites (tertiary alicyclic amines) is 1. The number of ether oxygens (including phenoxy) is 2. The molecule has 13 nitrogen and oxygen atoms in total. The van der Waals surface area contributed by atoms with Crippen molar-refractivity contribution >= 4 is 29.3 Å². The Morgan fingerprint density at radius 2 is 1.82 bits per heavy atom. The van der Waals surface area contributed by atoms with Gasteiger partial charge in [0, 0.05) is 63.1 Å². The van der Waals surface area contributed by atoms with Gasteiger partial charge in [-0.25, -0.2) is 9.78 Å². The Labute approximate surface area is 299 Å². The van der Waals surface area contributed by atoms with Crippen LogP contribution in [0.3, 0.4) is 0 Å². The summed E-state index contributed by atoms with van der Waals surface area (Å²) in [4.78, 5) is 48.6. The largest absolute Gasteiger partial charge is 0.486 e. The van der Waals surface area contributed by atoms with Crippen molar-refractivity contribution in [3.8, 4) is 5.75 Å². The Hall–Kier alpha value is -4.78. The van der Waals surface area contributed by atoms with Crippen LogP contribution in [0.15, 0.2) is 47.2 Å². The van der Waals surface area contributed by atoms with Gasteiger partial charge in [-0.3, -0.25) is 14.5 Å². The molecular weight excluding hydrogens is 652 g/mol. The Kier molecular flexibility index (Phi) is 10.8. The zero-order valence-corrected chi connectivity index (χ0v) is 30.2. The summed E-state index contributed by atoms with van der Waals surface area (Å²) in [7, 11) is 0. The number of hydrogen-bond donors (Lipinski definition) is 3. The average molecular weight is 703 g/mol.